The quantitative estimate of drug-likeness (QED) is 0.359. The van der Waals surface area contributed by atoms with E-state index in [0.29, 0.717) is 5.92 Å². The molecule has 0 aromatic carbocycles. The van der Waals surface area contributed by atoms with Crippen LogP contribution in [0.5, 0.6) is 0 Å². The van der Waals surface area contributed by atoms with Crippen molar-refractivity contribution >= 4 is 6.29 Å². The van der Waals surface area contributed by atoms with Gasteiger partial charge in [-0.25, -0.2) is 0 Å². The first-order valence-corrected chi connectivity index (χ1v) is 4.85. The third-order valence-electron chi connectivity index (χ3n) is 2.27. The molecule has 0 amide bonds. The molecule has 0 saturated carbocycles. The van der Waals surface area contributed by atoms with Crippen LogP contribution < -0.4 is 0 Å². The Kier molecular flexibility index (Phi) is 6.21. The molecule has 0 aromatic rings. The van der Waals surface area contributed by atoms with Crippen LogP contribution in [0.4, 0.5) is 0 Å². The SMILES string of the molecule is CC(=CC=O)CCC=C(C)C(C)C. The first-order chi connectivity index (χ1) is 6.07. The van der Waals surface area contributed by atoms with Crippen LogP contribution >= 0.6 is 0 Å². The third kappa shape index (κ3) is 6.32. The average Bonchev–Trinajstić information content (AvgIpc) is 2.04. The van der Waals surface area contributed by atoms with E-state index in [4.69, 9.17) is 0 Å². The summed E-state index contributed by atoms with van der Waals surface area (Å²) in [6.45, 7) is 8.54. The van der Waals surface area contributed by atoms with E-state index in [1.165, 1.54) is 5.57 Å². The smallest absolute Gasteiger partial charge is 0.142 e. The van der Waals surface area contributed by atoms with Gasteiger partial charge in [0.2, 0.25) is 0 Å². The predicted octanol–water partition coefficient (Wildman–Crippen LogP) is 3.51. The normalized spacial score (nSPS) is 13.6. The molecule has 13 heavy (non-hydrogen) atoms. The monoisotopic (exact) mass is 180 g/mol. The molecule has 0 atom stereocenters. The zero-order valence-electron chi connectivity index (χ0n) is 9.13. The van der Waals surface area contributed by atoms with Crippen molar-refractivity contribution in [2.45, 2.75) is 40.5 Å². The van der Waals surface area contributed by atoms with Crippen molar-refractivity contribution < 1.29 is 4.79 Å². The molecule has 0 fully saturated rings. The summed E-state index contributed by atoms with van der Waals surface area (Å²) in [6, 6.07) is 0. The lowest BCUT2D eigenvalue weighted by atomic mass is 10.0. The molecule has 74 valence electrons. The molecule has 0 unspecified atom stereocenters. The largest absolute Gasteiger partial charge is 0.299 e. The minimum Gasteiger partial charge on any atom is -0.299 e. The third-order valence-corrected chi connectivity index (χ3v) is 2.27. The van der Waals surface area contributed by atoms with Crippen molar-refractivity contribution in [3.8, 4) is 0 Å². The molecule has 0 radical (unpaired) electrons. The van der Waals surface area contributed by atoms with Gasteiger partial charge in [0, 0.05) is 0 Å². The summed E-state index contributed by atoms with van der Waals surface area (Å²) in [4.78, 5) is 10.1. The fourth-order valence-electron chi connectivity index (χ4n) is 0.963. The molecule has 0 bridgehead atoms. The lowest BCUT2D eigenvalue weighted by molar-refractivity contribution is -0.104. The molecule has 0 N–H and O–H groups in total. The Labute approximate surface area is 81.5 Å². The number of hydrogen-bond donors (Lipinski definition) is 0. The van der Waals surface area contributed by atoms with Crippen molar-refractivity contribution in [3.63, 3.8) is 0 Å². The fourth-order valence-corrected chi connectivity index (χ4v) is 0.963. The lowest BCUT2D eigenvalue weighted by Gasteiger charge is -2.04. The van der Waals surface area contributed by atoms with E-state index in [0.717, 1.165) is 24.7 Å². The molecule has 0 heterocycles. The first-order valence-electron chi connectivity index (χ1n) is 4.85. The highest BCUT2D eigenvalue weighted by atomic mass is 16.1. The molecule has 0 spiro atoms. The van der Waals surface area contributed by atoms with E-state index in [1.807, 2.05) is 6.92 Å². The number of allylic oxidation sites excluding steroid dienone is 4. The van der Waals surface area contributed by atoms with Crippen molar-refractivity contribution in [3.05, 3.63) is 23.3 Å². The van der Waals surface area contributed by atoms with Crippen molar-refractivity contribution in [1.82, 2.24) is 0 Å². The Morgan fingerprint density at radius 3 is 2.38 bits per heavy atom. The van der Waals surface area contributed by atoms with Gasteiger partial charge in [0.05, 0.1) is 0 Å². The fraction of sp³-hybridized carbons (Fsp3) is 0.583. The molecule has 1 heteroatoms. The molecular weight excluding hydrogens is 160 g/mol. The zero-order chi connectivity index (χ0) is 10.3. The first kappa shape index (κ1) is 12.2. The maximum atomic E-state index is 10.1. The Morgan fingerprint density at radius 2 is 1.92 bits per heavy atom. The van der Waals surface area contributed by atoms with E-state index in [1.54, 1.807) is 6.08 Å². The second-order valence-electron chi connectivity index (χ2n) is 3.79. The van der Waals surface area contributed by atoms with Gasteiger partial charge in [0.15, 0.2) is 0 Å². The van der Waals surface area contributed by atoms with Crippen LogP contribution in [0.15, 0.2) is 23.3 Å². The van der Waals surface area contributed by atoms with Crippen LogP contribution in [-0.2, 0) is 4.79 Å². The highest BCUT2D eigenvalue weighted by Gasteiger charge is 1.95. The van der Waals surface area contributed by atoms with E-state index in [2.05, 4.69) is 26.8 Å². The number of carbonyl (C=O) groups is 1. The summed E-state index contributed by atoms with van der Waals surface area (Å²) in [5, 5.41) is 0. The van der Waals surface area contributed by atoms with E-state index in [9.17, 15) is 4.79 Å². The predicted molar refractivity (Wildman–Crippen MR) is 57.7 cm³/mol. The highest BCUT2D eigenvalue weighted by molar-refractivity contribution is 5.65. The molecular formula is C12H20O. The summed E-state index contributed by atoms with van der Waals surface area (Å²) in [7, 11) is 0. The van der Waals surface area contributed by atoms with E-state index < -0.39 is 0 Å². The van der Waals surface area contributed by atoms with Gasteiger partial charge in [-0.3, -0.25) is 4.79 Å². The summed E-state index contributed by atoms with van der Waals surface area (Å²) < 4.78 is 0. The van der Waals surface area contributed by atoms with Gasteiger partial charge in [0.1, 0.15) is 6.29 Å². The van der Waals surface area contributed by atoms with Crippen LogP contribution in [0.25, 0.3) is 0 Å². The minimum absolute atomic E-state index is 0.635. The van der Waals surface area contributed by atoms with Crippen molar-refractivity contribution in [2.24, 2.45) is 5.92 Å². The van der Waals surface area contributed by atoms with Crippen LogP contribution in [0.3, 0.4) is 0 Å². The topological polar surface area (TPSA) is 17.1 Å². The molecule has 0 aromatic heterocycles. The van der Waals surface area contributed by atoms with E-state index in [-0.39, 0.29) is 0 Å². The zero-order valence-corrected chi connectivity index (χ0v) is 9.13. The number of carbonyl (C=O) groups excluding carboxylic acids is 1. The van der Waals surface area contributed by atoms with Gasteiger partial charge in [-0.05, 0) is 38.7 Å². The van der Waals surface area contributed by atoms with Gasteiger partial charge in [-0.15, -0.1) is 0 Å². The Hall–Kier alpha value is -0.850. The minimum atomic E-state index is 0.635. The maximum Gasteiger partial charge on any atom is 0.142 e. The summed E-state index contributed by atoms with van der Waals surface area (Å²) >= 11 is 0. The average molecular weight is 180 g/mol. The number of rotatable bonds is 5. The van der Waals surface area contributed by atoms with Gasteiger partial charge < -0.3 is 0 Å². The molecule has 0 saturated heterocycles. The van der Waals surface area contributed by atoms with Gasteiger partial charge in [-0.1, -0.05) is 31.1 Å². The van der Waals surface area contributed by atoms with Crippen LogP contribution in [0.1, 0.15) is 40.5 Å². The molecule has 0 aliphatic heterocycles. The number of aldehydes is 1. The van der Waals surface area contributed by atoms with Crippen molar-refractivity contribution in [1.29, 1.82) is 0 Å². The summed E-state index contributed by atoms with van der Waals surface area (Å²) in [5.41, 5.74) is 2.58. The van der Waals surface area contributed by atoms with Gasteiger partial charge in [-0.2, -0.15) is 0 Å². The Morgan fingerprint density at radius 1 is 1.31 bits per heavy atom. The van der Waals surface area contributed by atoms with Crippen molar-refractivity contribution in [2.75, 3.05) is 0 Å². The second-order valence-corrected chi connectivity index (χ2v) is 3.79. The van der Waals surface area contributed by atoms with E-state index >= 15 is 0 Å². The summed E-state index contributed by atoms with van der Waals surface area (Å²) in [6.07, 6.45) is 6.78. The lowest BCUT2D eigenvalue weighted by Crippen LogP contribution is -1.88. The Bertz CT molecular complexity index is 209. The highest BCUT2D eigenvalue weighted by Crippen LogP contribution is 2.11. The van der Waals surface area contributed by atoms with Crippen LogP contribution in [0, 0.1) is 5.92 Å². The Balaban J connectivity index is 3.85. The van der Waals surface area contributed by atoms with Gasteiger partial charge >= 0.3 is 0 Å². The summed E-state index contributed by atoms with van der Waals surface area (Å²) in [5.74, 6) is 0.635. The molecule has 1 nitrogen and oxygen atoms in total. The molecule has 0 rings (SSSR count). The molecule has 0 aliphatic rings. The number of hydrogen-bond acceptors (Lipinski definition) is 1. The van der Waals surface area contributed by atoms with Crippen LogP contribution in [-0.4, -0.2) is 6.29 Å². The van der Waals surface area contributed by atoms with Gasteiger partial charge in [0.25, 0.3) is 0 Å². The standard InChI is InChI=1S/C12H20O/c1-10(2)12(4)7-5-6-11(3)8-9-13/h7-10H,5-6H2,1-4H3. The van der Waals surface area contributed by atoms with Crippen LogP contribution in [0.2, 0.25) is 0 Å². The maximum absolute atomic E-state index is 10.1. The molecule has 0 aliphatic carbocycles. The second kappa shape index (κ2) is 6.64.